The van der Waals surface area contributed by atoms with Gasteiger partial charge < -0.3 is 10.6 Å². The van der Waals surface area contributed by atoms with Crippen molar-refractivity contribution in [3.8, 4) is 0 Å². The van der Waals surface area contributed by atoms with E-state index in [1.807, 2.05) is 25.1 Å². The lowest BCUT2D eigenvalue weighted by atomic mass is 10.2. The minimum Gasteiger partial charge on any atom is -0.383 e. The Balaban J connectivity index is 2.11. The van der Waals surface area contributed by atoms with E-state index in [1.165, 1.54) is 28.3 Å². The van der Waals surface area contributed by atoms with Crippen LogP contribution in [0.3, 0.4) is 0 Å². The highest BCUT2D eigenvalue weighted by Crippen LogP contribution is 2.19. The Hall–Kier alpha value is -2.19. The fourth-order valence-electron chi connectivity index (χ4n) is 2.54. The molecule has 0 aliphatic rings. The molecule has 0 fully saturated rings. The van der Waals surface area contributed by atoms with Crippen molar-refractivity contribution in [2.75, 3.05) is 23.4 Å². The Labute approximate surface area is 166 Å². The van der Waals surface area contributed by atoms with Crippen LogP contribution in [0, 0.1) is 0 Å². The first-order valence-corrected chi connectivity index (χ1v) is 10.1. The molecule has 146 valence electrons. The third kappa shape index (κ3) is 5.40. The number of unbranched alkanes of at least 4 members (excludes halogenated alkanes) is 1. The summed E-state index contributed by atoms with van der Waals surface area (Å²) in [4.78, 5) is 40.1. The molecule has 1 aromatic heterocycles. The first kappa shape index (κ1) is 21.1. The number of H-pyrrole nitrogens is 1. The van der Waals surface area contributed by atoms with Gasteiger partial charge in [-0.05, 0) is 24.1 Å². The first-order chi connectivity index (χ1) is 12.8. The number of nitrogens with two attached hydrogens (primary N) is 1. The SMILES string of the molecule is CCCCn1c(N)c(N(C)C(=O)CSCc2cccc(Cl)c2)c(=O)[nH]c1=O. The maximum Gasteiger partial charge on any atom is 0.330 e. The van der Waals surface area contributed by atoms with Gasteiger partial charge >= 0.3 is 5.69 Å². The minimum atomic E-state index is -0.666. The Kier molecular flexibility index (Phi) is 7.55. The van der Waals surface area contributed by atoms with Crippen molar-refractivity contribution >= 4 is 40.8 Å². The lowest BCUT2D eigenvalue weighted by molar-refractivity contribution is -0.115. The van der Waals surface area contributed by atoms with E-state index < -0.39 is 11.2 Å². The third-order valence-corrected chi connectivity index (χ3v) is 5.27. The molecule has 9 heteroatoms. The van der Waals surface area contributed by atoms with Crippen molar-refractivity contribution in [2.24, 2.45) is 0 Å². The molecule has 0 aliphatic heterocycles. The average Bonchev–Trinajstić information content (AvgIpc) is 2.61. The number of halogens is 1. The van der Waals surface area contributed by atoms with Crippen molar-refractivity contribution in [2.45, 2.75) is 32.1 Å². The summed E-state index contributed by atoms with van der Waals surface area (Å²) in [7, 11) is 1.48. The molecule has 1 heterocycles. The van der Waals surface area contributed by atoms with Gasteiger partial charge in [0, 0.05) is 24.4 Å². The van der Waals surface area contributed by atoms with Crippen LogP contribution in [0.4, 0.5) is 11.5 Å². The molecule has 2 aromatic rings. The van der Waals surface area contributed by atoms with E-state index in [1.54, 1.807) is 6.07 Å². The van der Waals surface area contributed by atoms with Crippen LogP contribution in [0.25, 0.3) is 0 Å². The summed E-state index contributed by atoms with van der Waals surface area (Å²) < 4.78 is 1.29. The lowest BCUT2D eigenvalue weighted by Crippen LogP contribution is -2.39. The van der Waals surface area contributed by atoms with Crippen molar-refractivity contribution in [3.05, 3.63) is 55.7 Å². The second kappa shape index (κ2) is 9.66. The van der Waals surface area contributed by atoms with Gasteiger partial charge in [-0.25, -0.2) is 4.79 Å². The normalized spacial score (nSPS) is 10.8. The zero-order valence-electron chi connectivity index (χ0n) is 15.3. The van der Waals surface area contributed by atoms with E-state index in [0.717, 1.165) is 18.4 Å². The number of nitrogens with one attached hydrogen (secondary N) is 1. The topological polar surface area (TPSA) is 101 Å². The van der Waals surface area contributed by atoms with Crippen LogP contribution in [0.2, 0.25) is 5.02 Å². The Morgan fingerprint density at radius 1 is 1.37 bits per heavy atom. The number of aromatic amines is 1. The molecule has 1 amide bonds. The molecule has 1 aromatic carbocycles. The van der Waals surface area contributed by atoms with Crippen molar-refractivity contribution < 1.29 is 4.79 Å². The molecule has 7 nitrogen and oxygen atoms in total. The fourth-order valence-corrected chi connectivity index (χ4v) is 3.64. The largest absolute Gasteiger partial charge is 0.383 e. The van der Waals surface area contributed by atoms with Crippen LogP contribution in [0.15, 0.2) is 33.9 Å². The molecule has 27 heavy (non-hydrogen) atoms. The van der Waals surface area contributed by atoms with Crippen molar-refractivity contribution in [1.82, 2.24) is 9.55 Å². The summed E-state index contributed by atoms with van der Waals surface area (Å²) in [6, 6.07) is 7.41. The number of hydrogen-bond acceptors (Lipinski definition) is 5. The molecule has 3 N–H and O–H groups in total. The maximum absolute atomic E-state index is 12.5. The molecule has 0 unspecified atom stereocenters. The van der Waals surface area contributed by atoms with E-state index in [9.17, 15) is 14.4 Å². The molecule has 0 radical (unpaired) electrons. The summed E-state index contributed by atoms with van der Waals surface area (Å²) in [5.41, 5.74) is 5.81. The summed E-state index contributed by atoms with van der Waals surface area (Å²) in [6.45, 7) is 2.37. The molecule has 2 rings (SSSR count). The summed E-state index contributed by atoms with van der Waals surface area (Å²) in [5, 5.41) is 0.644. The van der Waals surface area contributed by atoms with Gasteiger partial charge in [0.05, 0.1) is 5.75 Å². The zero-order valence-corrected chi connectivity index (χ0v) is 16.9. The number of amides is 1. The monoisotopic (exact) mass is 410 g/mol. The Bertz CT molecular complexity index is 926. The number of thioether (sulfide) groups is 1. The number of hydrogen-bond donors (Lipinski definition) is 2. The number of anilines is 2. The van der Waals surface area contributed by atoms with Gasteiger partial charge in [-0.15, -0.1) is 11.8 Å². The van der Waals surface area contributed by atoms with Gasteiger partial charge in [-0.1, -0.05) is 37.1 Å². The third-order valence-electron chi connectivity index (χ3n) is 4.04. The quantitative estimate of drug-likeness (QED) is 0.696. The highest BCUT2D eigenvalue weighted by atomic mass is 35.5. The zero-order chi connectivity index (χ0) is 20.0. The highest BCUT2D eigenvalue weighted by molar-refractivity contribution is 7.99. The number of carbonyl (C=O) groups excluding carboxylic acids is 1. The predicted octanol–water partition coefficient (Wildman–Crippen LogP) is 2.47. The van der Waals surface area contributed by atoms with Gasteiger partial charge in [0.15, 0.2) is 5.69 Å². The minimum absolute atomic E-state index is 0.000872. The number of rotatable bonds is 8. The van der Waals surface area contributed by atoms with Crippen molar-refractivity contribution in [3.63, 3.8) is 0 Å². The number of benzene rings is 1. The molecule has 0 spiro atoms. The molecule has 0 saturated carbocycles. The molecule has 0 atom stereocenters. The standard InChI is InChI=1S/C18H23ClN4O3S/c1-3-4-8-23-16(20)15(17(25)21-18(23)26)22(2)14(24)11-27-10-12-6-5-7-13(19)9-12/h5-7,9H,3-4,8,10-11,20H2,1-2H3,(H,21,25,26). The number of nitrogens with zero attached hydrogens (tertiary/aromatic N) is 2. The number of carbonyl (C=O) groups is 1. The smallest absolute Gasteiger partial charge is 0.330 e. The summed E-state index contributed by atoms with van der Waals surface area (Å²) >= 11 is 7.36. The second-order valence-corrected chi connectivity index (χ2v) is 7.50. The van der Waals surface area contributed by atoms with E-state index >= 15 is 0 Å². The first-order valence-electron chi connectivity index (χ1n) is 8.56. The van der Waals surface area contributed by atoms with Gasteiger partial charge in [0.1, 0.15) is 5.82 Å². The van der Waals surface area contributed by atoms with Gasteiger partial charge in [0.2, 0.25) is 5.91 Å². The van der Waals surface area contributed by atoms with Crippen LogP contribution >= 0.6 is 23.4 Å². The Morgan fingerprint density at radius 2 is 2.11 bits per heavy atom. The van der Waals surface area contributed by atoms with Crippen LogP contribution in [0.1, 0.15) is 25.3 Å². The van der Waals surface area contributed by atoms with Crippen LogP contribution in [-0.4, -0.2) is 28.3 Å². The van der Waals surface area contributed by atoms with Crippen LogP contribution in [-0.2, 0) is 17.1 Å². The van der Waals surface area contributed by atoms with E-state index in [2.05, 4.69) is 4.98 Å². The number of nitrogen functional groups attached to an aromatic ring is 1. The maximum atomic E-state index is 12.5. The molecule has 0 aliphatic carbocycles. The van der Waals surface area contributed by atoms with Crippen molar-refractivity contribution in [1.29, 1.82) is 0 Å². The van der Waals surface area contributed by atoms with E-state index in [4.69, 9.17) is 17.3 Å². The molecular formula is C18H23ClN4O3S. The van der Waals surface area contributed by atoms with E-state index in [-0.39, 0.29) is 23.2 Å². The van der Waals surface area contributed by atoms with Gasteiger partial charge in [0.25, 0.3) is 5.56 Å². The van der Waals surface area contributed by atoms with E-state index in [0.29, 0.717) is 17.3 Å². The average molecular weight is 411 g/mol. The summed E-state index contributed by atoms with van der Waals surface area (Å²) in [6.07, 6.45) is 1.61. The predicted molar refractivity (Wildman–Crippen MR) is 112 cm³/mol. The Morgan fingerprint density at radius 3 is 2.78 bits per heavy atom. The highest BCUT2D eigenvalue weighted by Gasteiger charge is 2.20. The van der Waals surface area contributed by atoms with Gasteiger partial charge in [-0.3, -0.25) is 19.1 Å². The lowest BCUT2D eigenvalue weighted by Gasteiger charge is -2.20. The van der Waals surface area contributed by atoms with Gasteiger partial charge in [-0.2, -0.15) is 0 Å². The van der Waals surface area contributed by atoms with Crippen LogP contribution in [0.5, 0.6) is 0 Å². The molecule has 0 bridgehead atoms. The molecular weight excluding hydrogens is 388 g/mol. The fraction of sp³-hybridized carbons (Fsp3) is 0.389. The molecule has 0 saturated heterocycles. The summed E-state index contributed by atoms with van der Waals surface area (Å²) in [5.74, 6) is 0.505. The van der Waals surface area contributed by atoms with Crippen LogP contribution < -0.4 is 21.9 Å². The second-order valence-electron chi connectivity index (χ2n) is 6.07. The number of aromatic nitrogens is 2.